The lowest BCUT2D eigenvalue weighted by atomic mass is 10.5. The van der Waals surface area contributed by atoms with Crippen molar-refractivity contribution in [3.63, 3.8) is 0 Å². The summed E-state index contributed by atoms with van der Waals surface area (Å²) in [7, 11) is 3.00. The number of imidazole rings is 1. The molecule has 0 saturated carbocycles. The van der Waals surface area contributed by atoms with Crippen molar-refractivity contribution in [3.05, 3.63) is 20.8 Å². The number of rotatable bonds is 3. The van der Waals surface area contributed by atoms with Gasteiger partial charge in [-0.2, -0.15) is 0 Å². The predicted octanol–water partition coefficient (Wildman–Crippen LogP) is -0.852. The van der Waals surface area contributed by atoms with E-state index in [1.807, 2.05) is 6.26 Å². The van der Waals surface area contributed by atoms with Crippen LogP contribution in [0.25, 0.3) is 11.2 Å². The molecule has 2 aromatic rings. The van der Waals surface area contributed by atoms with E-state index < -0.39 is 11.2 Å². The summed E-state index contributed by atoms with van der Waals surface area (Å²) in [6.07, 6.45) is 1.83. The molecule has 7 nitrogen and oxygen atoms in total. The highest BCUT2D eigenvalue weighted by atomic mass is 32.2. The van der Waals surface area contributed by atoms with Gasteiger partial charge in [0.15, 0.2) is 16.3 Å². The van der Waals surface area contributed by atoms with Gasteiger partial charge in [-0.05, 0) is 6.26 Å². The highest BCUT2D eigenvalue weighted by Gasteiger charge is 2.17. The standard InChI is InChI=1S/C10H14N4O3S/c1-12-7-6(8(16)13(2)10(12)17)14(4-5-15)9(11-7)18-3/h15H,4-5H2,1-3H3. The van der Waals surface area contributed by atoms with Crippen LogP contribution in [0.2, 0.25) is 0 Å². The Kier molecular flexibility index (Phi) is 3.31. The molecule has 0 aliphatic carbocycles. The lowest BCUT2D eigenvalue weighted by molar-refractivity contribution is 0.273. The van der Waals surface area contributed by atoms with E-state index in [4.69, 9.17) is 5.11 Å². The number of aryl methyl sites for hydroxylation is 1. The SMILES string of the molecule is CSc1nc2c(c(=O)n(C)c(=O)n2C)n1CCO. The molecule has 0 aliphatic rings. The third kappa shape index (κ3) is 1.68. The predicted molar refractivity (Wildman–Crippen MR) is 69.1 cm³/mol. The zero-order chi connectivity index (χ0) is 13.4. The van der Waals surface area contributed by atoms with Crippen molar-refractivity contribution in [3.8, 4) is 0 Å². The van der Waals surface area contributed by atoms with Crippen LogP contribution in [0.5, 0.6) is 0 Å². The maximum atomic E-state index is 12.1. The number of fused-ring (bicyclic) bond motifs is 1. The van der Waals surface area contributed by atoms with Crippen LogP contribution in [0.4, 0.5) is 0 Å². The Bertz CT molecular complexity index is 712. The Morgan fingerprint density at radius 1 is 1.28 bits per heavy atom. The Hall–Kier alpha value is -1.54. The first-order valence-corrected chi connectivity index (χ1v) is 6.56. The van der Waals surface area contributed by atoms with E-state index in [1.54, 1.807) is 11.6 Å². The van der Waals surface area contributed by atoms with Gasteiger partial charge in [0.1, 0.15) is 0 Å². The summed E-state index contributed by atoms with van der Waals surface area (Å²) in [5.41, 5.74) is -0.109. The van der Waals surface area contributed by atoms with E-state index in [9.17, 15) is 9.59 Å². The van der Waals surface area contributed by atoms with E-state index in [0.717, 1.165) is 4.57 Å². The molecule has 0 amide bonds. The van der Waals surface area contributed by atoms with Gasteiger partial charge in [-0.25, -0.2) is 9.78 Å². The molecule has 2 aromatic heterocycles. The summed E-state index contributed by atoms with van der Waals surface area (Å²) >= 11 is 1.37. The molecule has 2 rings (SSSR count). The quantitative estimate of drug-likeness (QED) is 0.735. The first kappa shape index (κ1) is 12.9. The Labute approximate surface area is 107 Å². The van der Waals surface area contributed by atoms with E-state index >= 15 is 0 Å². The first-order valence-electron chi connectivity index (χ1n) is 5.34. The maximum absolute atomic E-state index is 12.1. The minimum Gasteiger partial charge on any atom is -0.395 e. The van der Waals surface area contributed by atoms with Crippen LogP contribution < -0.4 is 11.2 Å². The molecule has 8 heteroatoms. The maximum Gasteiger partial charge on any atom is 0.332 e. The van der Waals surface area contributed by atoms with Gasteiger partial charge in [-0.1, -0.05) is 11.8 Å². The first-order chi connectivity index (χ1) is 8.52. The average molecular weight is 270 g/mol. The Morgan fingerprint density at radius 2 is 1.94 bits per heavy atom. The minimum absolute atomic E-state index is 0.0922. The van der Waals surface area contributed by atoms with Crippen LogP contribution >= 0.6 is 11.8 Å². The van der Waals surface area contributed by atoms with Gasteiger partial charge in [-0.3, -0.25) is 13.9 Å². The van der Waals surface area contributed by atoms with E-state index in [2.05, 4.69) is 4.98 Å². The van der Waals surface area contributed by atoms with Crippen molar-refractivity contribution in [1.29, 1.82) is 0 Å². The second-order valence-electron chi connectivity index (χ2n) is 3.85. The fourth-order valence-corrected chi connectivity index (χ4v) is 2.47. The molecular weight excluding hydrogens is 256 g/mol. The normalized spacial score (nSPS) is 11.3. The largest absolute Gasteiger partial charge is 0.395 e. The molecule has 0 atom stereocenters. The summed E-state index contributed by atoms with van der Waals surface area (Å²) in [5.74, 6) is 0. The Balaban J connectivity index is 3.00. The van der Waals surface area contributed by atoms with Crippen molar-refractivity contribution in [2.45, 2.75) is 11.7 Å². The number of aliphatic hydroxyl groups excluding tert-OH is 1. The van der Waals surface area contributed by atoms with Gasteiger partial charge in [0, 0.05) is 20.6 Å². The minimum atomic E-state index is -0.409. The number of hydrogen-bond donors (Lipinski definition) is 1. The number of thioether (sulfide) groups is 1. The van der Waals surface area contributed by atoms with Crippen molar-refractivity contribution in [2.24, 2.45) is 14.1 Å². The summed E-state index contributed by atoms with van der Waals surface area (Å²) in [4.78, 5) is 28.2. The third-order valence-corrected chi connectivity index (χ3v) is 3.50. The molecule has 0 fully saturated rings. The zero-order valence-electron chi connectivity index (χ0n) is 10.4. The lowest BCUT2D eigenvalue weighted by Gasteiger charge is -2.06. The number of hydrogen-bond acceptors (Lipinski definition) is 5. The van der Waals surface area contributed by atoms with Gasteiger partial charge >= 0.3 is 5.69 Å². The summed E-state index contributed by atoms with van der Waals surface area (Å²) in [5, 5.41) is 9.67. The Morgan fingerprint density at radius 3 is 2.50 bits per heavy atom. The van der Waals surface area contributed by atoms with E-state index in [1.165, 1.54) is 23.4 Å². The third-order valence-electron chi connectivity index (χ3n) is 2.82. The molecule has 0 unspecified atom stereocenters. The van der Waals surface area contributed by atoms with Crippen molar-refractivity contribution >= 4 is 22.9 Å². The van der Waals surface area contributed by atoms with Crippen LogP contribution in [0.15, 0.2) is 14.7 Å². The molecular formula is C10H14N4O3S. The molecule has 0 aliphatic heterocycles. The second-order valence-corrected chi connectivity index (χ2v) is 4.63. The monoisotopic (exact) mass is 270 g/mol. The van der Waals surface area contributed by atoms with Crippen molar-refractivity contribution < 1.29 is 5.11 Å². The molecule has 2 heterocycles. The fraction of sp³-hybridized carbons (Fsp3) is 0.500. The van der Waals surface area contributed by atoms with Crippen molar-refractivity contribution in [1.82, 2.24) is 18.7 Å². The average Bonchev–Trinajstić information content (AvgIpc) is 2.73. The molecule has 0 radical (unpaired) electrons. The molecule has 18 heavy (non-hydrogen) atoms. The van der Waals surface area contributed by atoms with Gasteiger partial charge in [0.2, 0.25) is 0 Å². The van der Waals surface area contributed by atoms with Crippen LogP contribution in [0.1, 0.15) is 0 Å². The van der Waals surface area contributed by atoms with Crippen LogP contribution in [-0.4, -0.2) is 36.7 Å². The van der Waals surface area contributed by atoms with E-state index in [0.29, 0.717) is 16.3 Å². The molecule has 0 spiro atoms. The second kappa shape index (κ2) is 4.62. The molecule has 1 N–H and O–H groups in total. The van der Waals surface area contributed by atoms with Crippen LogP contribution in [0, 0.1) is 0 Å². The number of aliphatic hydroxyl groups is 1. The molecule has 0 aromatic carbocycles. The summed E-state index contributed by atoms with van der Waals surface area (Å²) in [6.45, 7) is 0.186. The smallest absolute Gasteiger partial charge is 0.332 e. The zero-order valence-corrected chi connectivity index (χ0v) is 11.2. The summed E-state index contributed by atoms with van der Waals surface area (Å²) in [6, 6.07) is 0. The van der Waals surface area contributed by atoms with Crippen LogP contribution in [-0.2, 0) is 20.6 Å². The highest BCUT2D eigenvalue weighted by Crippen LogP contribution is 2.18. The van der Waals surface area contributed by atoms with Crippen LogP contribution in [0.3, 0.4) is 0 Å². The van der Waals surface area contributed by atoms with Crippen molar-refractivity contribution in [2.75, 3.05) is 12.9 Å². The molecule has 0 bridgehead atoms. The molecule has 98 valence electrons. The molecule has 0 saturated heterocycles. The van der Waals surface area contributed by atoms with Gasteiger partial charge < -0.3 is 9.67 Å². The lowest BCUT2D eigenvalue weighted by Crippen LogP contribution is -2.37. The topological polar surface area (TPSA) is 82.0 Å². The summed E-state index contributed by atoms with van der Waals surface area (Å²) < 4.78 is 4.02. The van der Waals surface area contributed by atoms with Gasteiger partial charge in [-0.15, -0.1) is 0 Å². The van der Waals surface area contributed by atoms with E-state index in [-0.39, 0.29) is 13.2 Å². The number of aromatic nitrogens is 4. The number of nitrogens with zero attached hydrogens (tertiary/aromatic N) is 4. The fourth-order valence-electron chi connectivity index (χ4n) is 1.89. The highest BCUT2D eigenvalue weighted by molar-refractivity contribution is 7.98. The van der Waals surface area contributed by atoms with Gasteiger partial charge in [0.05, 0.1) is 6.61 Å². The van der Waals surface area contributed by atoms with Gasteiger partial charge in [0.25, 0.3) is 5.56 Å².